The zero-order chi connectivity index (χ0) is 10.8. The molecule has 0 fully saturated rings. The van der Waals surface area contributed by atoms with Gasteiger partial charge in [-0.2, -0.15) is 0 Å². The highest BCUT2D eigenvalue weighted by Crippen LogP contribution is 2.10. The SMILES string of the molecule is CCc1cc(=O)[nH]n1-c1cccc(F)c1. The van der Waals surface area contributed by atoms with E-state index in [1.165, 1.54) is 18.2 Å². The van der Waals surface area contributed by atoms with Gasteiger partial charge in [0.25, 0.3) is 5.56 Å². The number of hydrogen-bond donors (Lipinski definition) is 1. The molecule has 0 amide bonds. The van der Waals surface area contributed by atoms with Gasteiger partial charge in [-0.3, -0.25) is 14.6 Å². The molecule has 0 radical (unpaired) electrons. The maximum atomic E-state index is 13.0. The topological polar surface area (TPSA) is 37.8 Å². The van der Waals surface area contributed by atoms with E-state index in [1.807, 2.05) is 6.92 Å². The van der Waals surface area contributed by atoms with Crippen molar-refractivity contribution >= 4 is 0 Å². The van der Waals surface area contributed by atoms with E-state index in [4.69, 9.17) is 0 Å². The molecule has 1 N–H and O–H groups in total. The minimum atomic E-state index is -0.316. The van der Waals surface area contributed by atoms with Crippen molar-refractivity contribution in [2.24, 2.45) is 0 Å². The predicted octanol–water partition coefficient (Wildman–Crippen LogP) is 1.87. The summed E-state index contributed by atoms with van der Waals surface area (Å²) in [6.45, 7) is 1.94. The lowest BCUT2D eigenvalue weighted by molar-refractivity contribution is 0.624. The molecule has 2 rings (SSSR count). The van der Waals surface area contributed by atoms with Crippen molar-refractivity contribution in [3.05, 3.63) is 52.2 Å². The predicted molar refractivity (Wildman–Crippen MR) is 55.7 cm³/mol. The van der Waals surface area contributed by atoms with Crippen LogP contribution in [-0.2, 0) is 6.42 Å². The van der Waals surface area contributed by atoms with Gasteiger partial charge in [0.1, 0.15) is 5.82 Å². The van der Waals surface area contributed by atoms with Crippen LogP contribution in [0.25, 0.3) is 5.69 Å². The Bertz CT molecular complexity index is 527. The zero-order valence-corrected chi connectivity index (χ0v) is 8.33. The fourth-order valence-electron chi connectivity index (χ4n) is 1.54. The number of nitrogens with one attached hydrogen (secondary N) is 1. The molecular weight excluding hydrogens is 195 g/mol. The molecule has 2 aromatic rings. The van der Waals surface area contributed by atoms with Crippen LogP contribution in [0.2, 0.25) is 0 Å². The monoisotopic (exact) mass is 206 g/mol. The molecule has 0 unspecified atom stereocenters. The minimum Gasteiger partial charge on any atom is -0.268 e. The third-order valence-electron chi connectivity index (χ3n) is 2.24. The van der Waals surface area contributed by atoms with Crippen molar-refractivity contribution < 1.29 is 4.39 Å². The van der Waals surface area contributed by atoms with Gasteiger partial charge in [-0.25, -0.2) is 4.39 Å². The summed E-state index contributed by atoms with van der Waals surface area (Å²) in [6, 6.07) is 7.64. The summed E-state index contributed by atoms with van der Waals surface area (Å²) in [5.41, 5.74) is 1.30. The Kier molecular flexibility index (Phi) is 2.41. The molecule has 1 aromatic heterocycles. The number of aromatic nitrogens is 2. The van der Waals surface area contributed by atoms with Crippen molar-refractivity contribution in [2.45, 2.75) is 13.3 Å². The zero-order valence-electron chi connectivity index (χ0n) is 8.33. The van der Waals surface area contributed by atoms with Gasteiger partial charge in [0, 0.05) is 11.8 Å². The fourth-order valence-corrected chi connectivity index (χ4v) is 1.54. The first-order valence-corrected chi connectivity index (χ1v) is 4.77. The smallest absolute Gasteiger partial charge is 0.264 e. The Morgan fingerprint density at radius 2 is 2.20 bits per heavy atom. The van der Waals surface area contributed by atoms with E-state index < -0.39 is 0 Å². The number of halogens is 1. The number of aryl methyl sites for hydroxylation is 1. The largest absolute Gasteiger partial charge is 0.268 e. The molecule has 0 spiro atoms. The van der Waals surface area contributed by atoms with Gasteiger partial charge in [0.05, 0.1) is 5.69 Å². The van der Waals surface area contributed by atoms with Crippen LogP contribution in [0.15, 0.2) is 35.1 Å². The first-order chi connectivity index (χ1) is 7.20. The first-order valence-electron chi connectivity index (χ1n) is 4.77. The van der Waals surface area contributed by atoms with Crippen LogP contribution in [0, 0.1) is 5.82 Å². The van der Waals surface area contributed by atoms with Gasteiger partial charge >= 0.3 is 0 Å². The molecule has 3 nitrogen and oxygen atoms in total. The molecule has 1 heterocycles. The van der Waals surface area contributed by atoms with Crippen LogP contribution in [-0.4, -0.2) is 9.78 Å². The summed E-state index contributed by atoms with van der Waals surface area (Å²) in [4.78, 5) is 11.2. The highest BCUT2D eigenvalue weighted by atomic mass is 19.1. The van der Waals surface area contributed by atoms with Crippen LogP contribution in [0.1, 0.15) is 12.6 Å². The van der Waals surface area contributed by atoms with E-state index in [0.29, 0.717) is 5.69 Å². The third-order valence-corrected chi connectivity index (χ3v) is 2.24. The number of benzene rings is 1. The van der Waals surface area contributed by atoms with Crippen LogP contribution in [0.4, 0.5) is 4.39 Å². The molecule has 0 aliphatic carbocycles. The average molecular weight is 206 g/mol. The molecule has 0 aliphatic heterocycles. The lowest BCUT2D eigenvalue weighted by Crippen LogP contribution is -2.05. The molecule has 15 heavy (non-hydrogen) atoms. The van der Waals surface area contributed by atoms with E-state index in [0.717, 1.165) is 12.1 Å². The van der Waals surface area contributed by atoms with Gasteiger partial charge in [-0.05, 0) is 24.6 Å². The van der Waals surface area contributed by atoms with Crippen molar-refractivity contribution in [3.8, 4) is 5.69 Å². The van der Waals surface area contributed by atoms with E-state index in [2.05, 4.69) is 5.10 Å². The highest BCUT2D eigenvalue weighted by Gasteiger charge is 2.04. The fraction of sp³-hybridized carbons (Fsp3) is 0.182. The Morgan fingerprint density at radius 3 is 2.87 bits per heavy atom. The van der Waals surface area contributed by atoms with E-state index in [-0.39, 0.29) is 11.4 Å². The normalized spacial score (nSPS) is 10.5. The summed E-state index contributed by atoms with van der Waals surface area (Å²) in [5.74, 6) is -0.316. The standard InChI is InChI=1S/C11H11FN2O/c1-2-9-7-11(15)13-14(9)10-5-3-4-8(12)6-10/h3-7H,2H2,1H3,(H,13,15). The molecule has 0 saturated heterocycles. The number of rotatable bonds is 2. The van der Waals surface area contributed by atoms with Crippen LogP contribution >= 0.6 is 0 Å². The molecule has 0 aliphatic rings. The average Bonchev–Trinajstić information content (AvgIpc) is 2.59. The summed E-state index contributed by atoms with van der Waals surface area (Å²) < 4.78 is 14.6. The van der Waals surface area contributed by atoms with Crippen molar-refractivity contribution in [2.75, 3.05) is 0 Å². The van der Waals surface area contributed by atoms with E-state index >= 15 is 0 Å². The second kappa shape index (κ2) is 3.73. The Hall–Kier alpha value is -1.84. The summed E-state index contributed by atoms with van der Waals surface area (Å²) >= 11 is 0. The van der Waals surface area contributed by atoms with Crippen molar-refractivity contribution in [1.29, 1.82) is 0 Å². The summed E-state index contributed by atoms with van der Waals surface area (Å²) in [7, 11) is 0. The molecule has 4 heteroatoms. The Balaban J connectivity index is 2.57. The number of H-pyrrole nitrogens is 1. The lowest BCUT2D eigenvalue weighted by atomic mass is 10.3. The number of hydrogen-bond acceptors (Lipinski definition) is 1. The van der Waals surface area contributed by atoms with Crippen molar-refractivity contribution in [3.63, 3.8) is 0 Å². The maximum absolute atomic E-state index is 13.0. The quantitative estimate of drug-likeness (QED) is 0.800. The lowest BCUT2D eigenvalue weighted by Gasteiger charge is -2.06. The van der Waals surface area contributed by atoms with Crippen molar-refractivity contribution in [1.82, 2.24) is 9.78 Å². The van der Waals surface area contributed by atoms with Gasteiger partial charge in [0.15, 0.2) is 0 Å². The molecule has 0 atom stereocenters. The maximum Gasteiger partial charge on any atom is 0.264 e. The van der Waals surface area contributed by atoms with Gasteiger partial charge < -0.3 is 0 Å². The first kappa shape index (κ1) is 9.71. The van der Waals surface area contributed by atoms with Gasteiger partial charge in [-0.1, -0.05) is 13.0 Å². The van der Waals surface area contributed by atoms with E-state index in [9.17, 15) is 9.18 Å². The Morgan fingerprint density at radius 1 is 1.40 bits per heavy atom. The molecule has 1 aromatic carbocycles. The molecule has 0 saturated carbocycles. The molecule has 0 bridgehead atoms. The summed E-state index contributed by atoms with van der Waals surface area (Å²) in [5, 5.41) is 2.63. The van der Waals surface area contributed by atoms with Gasteiger partial charge in [0.2, 0.25) is 0 Å². The van der Waals surface area contributed by atoms with Gasteiger partial charge in [-0.15, -0.1) is 0 Å². The molecule has 78 valence electrons. The third kappa shape index (κ3) is 1.83. The molecular formula is C11H11FN2O. The minimum absolute atomic E-state index is 0.170. The number of aromatic amines is 1. The van der Waals surface area contributed by atoms with Crippen LogP contribution in [0.5, 0.6) is 0 Å². The highest BCUT2D eigenvalue weighted by molar-refractivity contribution is 5.33. The Labute approximate surface area is 86.2 Å². The second-order valence-electron chi connectivity index (χ2n) is 3.28. The second-order valence-corrected chi connectivity index (χ2v) is 3.28. The van der Waals surface area contributed by atoms with Crippen LogP contribution in [0.3, 0.4) is 0 Å². The van der Waals surface area contributed by atoms with Crippen LogP contribution < -0.4 is 5.56 Å². The summed E-state index contributed by atoms with van der Waals surface area (Å²) in [6.07, 6.45) is 0.718. The number of nitrogens with zero attached hydrogens (tertiary/aromatic N) is 1. The van der Waals surface area contributed by atoms with E-state index in [1.54, 1.807) is 16.8 Å².